The van der Waals surface area contributed by atoms with Gasteiger partial charge in [-0.25, -0.2) is 0 Å². The second kappa shape index (κ2) is 7.30. The number of hydrogen-bond acceptors (Lipinski definition) is 5. The van der Waals surface area contributed by atoms with Crippen LogP contribution >= 0.6 is 0 Å². The molecule has 6 nitrogen and oxygen atoms in total. The molecule has 25 heavy (non-hydrogen) atoms. The van der Waals surface area contributed by atoms with E-state index in [9.17, 15) is 4.79 Å². The quantitative estimate of drug-likeness (QED) is 0.617. The number of esters is 1. The van der Waals surface area contributed by atoms with Crippen LogP contribution in [0.15, 0.2) is 11.6 Å². The summed E-state index contributed by atoms with van der Waals surface area (Å²) >= 11 is 0. The summed E-state index contributed by atoms with van der Waals surface area (Å²) in [4.78, 5) is 14.9. The number of carbonyl (C=O) groups is 1. The molecule has 138 valence electrons. The second-order valence-corrected chi connectivity index (χ2v) is 7.17. The summed E-state index contributed by atoms with van der Waals surface area (Å²) in [6.07, 6.45) is 4.61. The molecule has 0 aromatic carbocycles. The number of nitrogens with zero attached hydrogens (tertiary/aromatic N) is 3. The Balaban J connectivity index is 1.74. The molecule has 0 atom stereocenters. The van der Waals surface area contributed by atoms with Gasteiger partial charge in [-0.1, -0.05) is 11.6 Å². The van der Waals surface area contributed by atoms with E-state index in [1.807, 2.05) is 11.7 Å². The van der Waals surface area contributed by atoms with Crippen molar-refractivity contribution in [3.8, 4) is 0 Å². The van der Waals surface area contributed by atoms with Gasteiger partial charge in [0.2, 0.25) is 0 Å². The van der Waals surface area contributed by atoms with Crippen molar-refractivity contribution in [3.05, 3.63) is 28.6 Å². The highest BCUT2D eigenvalue weighted by atomic mass is 16.5. The number of aromatic nitrogens is 2. The van der Waals surface area contributed by atoms with E-state index in [1.54, 1.807) is 0 Å². The van der Waals surface area contributed by atoms with Crippen LogP contribution in [-0.2, 0) is 27.9 Å². The van der Waals surface area contributed by atoms with E-state index < -0.39 is 5.41 Å². The van der Waals surface area contributed by atoms with Crippen molar-refractivity contribution in [2.45, 2.75) is 39.7 Å². The first-order chi connectivity index (χ1) is 12.0. The molecule has 2 aliphatic heterocycles. The Hall–Kier alpha value is -1.66. The number of carbonyl (C=O) groups excluding carboxylic acids is 1. The fourth-order valence-electron chi connectivity index (χ4n) is 4.13. The second-order valence-electron chi connectivity index (χ2n) is 7.17. The molecular weight excluding hydrogens is 318 g/mol. The first-order valence-electron chi connectivity index (χ1n) is 9.05. The van der Waals surface area contributed by atoms with Gasteiger partial charge < -0.3 is 9.47 Å². The third-order valence-electron chi connectivity index (χ3n) is 5.87. The maximum atomic E-state index is 12.5. The van der Waals surface area contributed by atoms with Crippen LogP contribution < -0.4 is 0 Å². The molecule has 0 radical (unpaired) electrons. The molecule has 1 fully saturated rings. The molecule has 6 heteroatoms. The number of rotatable bonds is 4. The maximum absolute atomic E-state index is 12.5. The molecule has 2 aliphatic rings. The topological polar surface area (TPSA) is 56.6 Å². The molecule has 1 aromatic heterocycles. The van der Waals surface area contributed by atoms with Crippen molar-refractivity contribution >= 4 is 5.97 Å². The Labute approximate surface area is 149 Å². The lowest BCUT2D eigenvalue weighted by Crippen LogP contribution is -2.42. The van der Waals surface area contributed by atoms with E-state index in [0.717, 1.165) is 44.6 Å². The lowest BCUT2D eigenvalue weighted by atomic mass is 9.71. The largest absolute Gasteiger partial charge is 0.468 e. The number of ether oxygens (including phenoxy) is 2. The van der Waals surface area contributed by atoms with Crippen molar-refractivity contribution in [1.82, 2.24) is 14.7 Å². The highest BCUT2D eigenvalue weighted by molar-refractivity contribution is 5.80. The molecule has 0 spiro atoms. The molecular formula is C19H29N3O3. The predicted molar refractivity (Wildman–Crippen MR) is 95.2 cm³/mol. The van der Waals surface area contributed by atoms with Gasteiger partial charge in [-0.3, -0.25) is 14.4 Å². The highest BCUT2D eigenvalue weighted by Gasteiger charge is 2.44. The summed E-state index contributed by atoms with van der Waals surface area (Å²) in [5, 5.41) is 4.51. The van der Waals surface area contributed by atoms with Gasteiger partial charge in [0.05, 0.1) is 18.2 Å². The van der Waals surface area contributed by atoms with E-state index in [2.05, 4.69) is 29.9 Å². The predicted octanol–water partition coefficient (Wildman–Crippen LogP) is 2.14. The molecule has 0 unspecified atom stereocenters. The smallest absolute Gasteiger partial charge is 0.316 e. The first-order valence-corrected chi connectivity index (χ1v) is 9.05. The van der Waals surface area contributed by atoms with Gasteiger partial charge in [-0.15, -0.1) is 0 Å². The Morgan fingerprint density at radius 3 is 2.60 bits per heavy atom. The Kier molecular flexibility index (Phi) is 5.29. The number of methoxy groups -OCH3 is 1. The third kappa shape index (κ3) is 3.37. The van der Waals surface area contributed by atoms with Crippen LogP contribution in [0.25, 0.3) is 0 Å². The van der Waals surface area contributed by atoms with Gasteiger partial charge in [0.15, 0.2) is 0 Å². The minimum Gasteiger partial charge on any atom is -0.468 e. The summed E-state index contributed by atoms with van der Waals surface area (Å²) in [5.41, 5.74) is 4.40. The summed E-state index contributed by atoms with van der Waals surface area (Å²) in [6.45, 7) is 8.18. The van der Waals surface area contributed by atoms with Crippen LogP contribution in [0.4, 0.5) is 0 Å². The monoisotopic (exact) mass is 347 g/mol. The van der Waals surface area contributed by atoms with Crippen LogP contribution in [0, 0.1) is 19.3 Å². The minimum atomic E-state index is -0.473. The SMILES string of the molecule is COC(=O)C1(C2=CCN(Cc3c(C)nn(C)c3C)CC2)CCOCC1. The summed E-state index contributed by atoms with van der Waals surface area (Å²) < 4.78 is 12.6. The number of hydrogen-bond donors (Lipinski definition) is 0. The fraction of sp³-hybridized carbons (Fsp3) is 0.684. The first kappa shape index (κ1) is 18.1. The molecule has 3 heterocycles. The highest BCUT2D eigenvalue weighted by Crippen LogP contribution is 2.42. The van der Waals surface area contributed by atoms with E-state index in [-0.39, 0.29) is 5.97 Å². The van der Waals surface area contributed by atoms with Gasteiger partial charge in [-0.05, 0) is 33.1 Å². The van der Waals surface area contributed by atoms with Crippen LogP contribution in [-0.4, -0.2) is 54.1 Å². The van der Waals surface area contributed by atoms with E-state index in [0.29, 0.717) is 13.2 Å². The molecule has 0 aliphatic carbocycles. The molecule has 0 saturated carbocycles. The maximum Gasteiger partial charge on any atom is 0.316 e. The van der Waals surface area contributed by atoms with E-state index in [4.69, 9.17) is 9.47 Å². The zero-order valence-corrected chi connectivity index (χ0v) is 15.8. The van der Waals surface area contributed by atoms with E-state index in [1.165, 1.54) is 23.9 Å². The fourth-order valence-corrected chi connectivity index (χ4v) is 4.13. The van der Waals surface area contributed by atoms with Crippen molar-refractivity contribution < 1.29 is 14.3 Å². The Morgan fingerprint density at radius 1 is 1.36 bits per heavy atom. The average molecular weight is 347 g/mol. The lowest BCUT2D eigenvalue weighted by Gasteiger charge is -2.39. The van der Waals surface area contributed by atoms with Crippen LogP contribution in [0.1, 0.15) is 36.2 Å². The van der Waals surface area contributed by atoms with Gasteiger partial charge in [0.1, 0.15) is 0 Å². The number of aryl methyl sites for hydroxylation is 2. The van der Waals surface area contributed by atoms with Crippen molar-refractivity contribution in [1.29, 1.82) is 0 Å². The van der Waals surface area contributed by atoms with Crippen LogP contribution in [0.3, 0.4) is 0 Å². The minimum absolute atomic E-state index is 0.102. The van der Waals surface area contributed by atoms with Crippen molar-refractivity contribution in [2.24, 2.45) is 12.5 Å². The van der Waals surface area contributed by atoms with Gasteiger partial charge in [0, 0.05) is 51.2 Å². The average Bonchev–Trinajstić information content (AvgIpc) is 2.88. The van der Waals surface area contributed by atoms with Gasteiger partial charge in [-0.2, -0.15) is 5.10 Å². The molecule has 1 saturated heterocycles. The normalized spacial score (nSPS) is 21.0. The summed E-state index contributed by atoms with van der Waals surface area (Å²) in [6, 6.07) is 0. The zero-order valence-electron chi connectivity index (χ0n) is 15.8. The lowest BCUT2D eigenvalue weighted by molar-refractivity contribution is -0.155. The van der Waals surface area contributed by atoms with Crippen LogP contribution in [0.5, 0.6) is 0 Å². The van der Waals surface area contributed by atoms with Crippen molar-refractivity contribution in [3.63, 3.8) is 0 Å². The van der Waals surface area contributed by atoms with Gasteiger partial charge in [0.25, 0.3) is 0 Å². The summed E-state index contributed by atoms with van der Waals surface area (Å²) in [7, 11) is 3.48. The molecule has 0 N–H and O–H groups in total. The zero-order chi connectivity index (χ0) is 18.0. The molecule has 0 bridgehead atoms. The Morgan fingerprint density at radius 2 is 2.08 bits per heavy atom. The van der Waals surface area contributed by atoms with E-state index >= 15 is 0 Å². The van der Waals surface area contributed by atoms with Crippen LogP contribution in [0.2, 0.25) is 0 Å². The molecule has 0 amide bonds. The molecule has 1 aromatic rings. The standard InChI is InChI=1S/C19H29N3O3/c1-14-17(15(2)21(3)20-14)13-22-9-5-16(6-10-22)19(18(23)24-4)7-11-25-12-8-19/h5H,6-13H2,1-4H3. The summed E-state index contributed by atoms with van der Waals surface area (Å²) in [5.74, 6) is -0.102. The van der Waals surface area contributed by atoms with Gasteiger partial charge >= 0.3 is 5.97 Å². The molecule has 3 rings (SSSR count). The third-order valence-corrected chi connectivity index (χ3v) is 5.87. The van der Waals surface area contributed by atoms with Crippen molar-refractivity contribution in [2.75, 3.05) is 33.4 Å². The Bertz CT molecular complexity index is 672.